The monoisotopic (exact) mass is 404 g/mol. The van der Waals surface area contributed by atoms with Gasteiger partial charge in [0.25, 0.3) is 5.91 Å². The Balaban J connectivity index is 1.37. The molecule has 0 unspecified atom stereocenters. The Hall–Kier alpha value is -3.21. The van der Waals surface area contributed by atoms with Gasteiger partial charge in [-0.1, -0.05) is 37.3 Å². The van der Waals surface area contributed by atoms with Gasteiger partial charge in [-0.3, -0.25) is 4.79 Å². The van der Waals surface area contributed by atoms with Crippen LogP contribution < -0.4 is 14.4 Å². The second kappa shape index (κ2) is 9.08. The fourth-order valence-electron chi connectivity index (χ4n) is 3.90. The SMILES string of the molecule is CC[C@H](Oc1ccc2ccccc2c1)C(=O)N1CCN(c2ccc(OC)cc2)CC1. The number of fused-ring (bicyclic) bond motifs is 1. The van der Waals surface area contributed by atoms with Crippen molar-refractivity contribution in [2.45, 2.75) is 19.4 Å². The number of anilines is 1. The second-order valence-electron chi connectivity index (χ2n) is 7.53. The molecule has 30 heavy (non-hydrogen) atoms. The zero-order valence-corrected chi connectivity index (χ0v) is 17.6. The molecule has 1 heterocycles. The first-order valence-electron chi connectivity index (χ1n) is 10.5. The van der Waals surface area contributed by atoms with Crippen molar-refractivity contribution in [1.29, 1.82) is 0 Å². The van der Waals surface area contributed by atoms with Crippen LogP contribution in [0.15, 0.2) is 66.7 Å². The summed E-state index contributed by atoms with van der Waals surface area (Å²) in [5.41, 5.74) is 1.15. The molecule has 0 aliphatic carbocycles. The Kier molecular flexibility index (Phi) is 6.07. The summed E-state index contributed by atoms with van der Waals surface area (Å²) in [7, 11) is 1.67. The summed E-state index contributed by atoms with van der Waals surface area (Å²) in [6.45, 7) is 5.01. The highest BCUT2D eigenvalue weighted by Gasteiger charge is 2.28. The molecular weight excluding hydrogens is 376 g/mol. The summed E-state index contributed by atoms with van der Waals surface area (Å²) >= 11 is 0. The van der Waals surface area contributed by atoms with Gasteiger partial charge in [0.05, 0.1) is 7.11 Å². The number of methoxy groups -OCH3 is 1. The summed E-state index contributed by atoms with van der Waals surface area (Å²) in [4.78, 5) is 17.3. The van der Waals surface area contributed by atoms with Crippen LogP contribution in [0.2, 0.25) is 0 Å². The zero-order valence-electron chi connectivity index (χ0n) is 17.6. The number of carbonyl (C=O) groups excluding carboxylic acids is 1. The molecule has 1 aliphatic heterocycles. The van der Waals surface area contributed by atoms with Gasteiger partial charge in [-0.2, -0.15) is 0 Å². The van der Waals surface area contributed by atoms with E-state index in [-0.39, 0.29) is 5.91 Å². The molecule has 0 bridgehead atoms. The highest BCUT2D eigenvalue weighted by molar-refractivity contribution is 5.84. The van der Waals surface area contributed by atoms with Crippen molar-refractivity contribution < 1.29 is 14.3 Å². The number of benzene rings is 3. The summed E-state index contributed by atoms with van der Waals surface area (Å²) in [6.07, 6.45) is 0.184. The van der Waals surface area contributed by atoms with E-state index in [1.807, 2.05) is 54.3 Å². The van der Waals surface area contributed by atoms with Crippen LogP contribution in [0.3, 0.4) is 0 Å². The van der Waals surface area contributed by atoms with E-state index in [0.29, 0.717) is 19.5 Å². The van der Waals surface area contributed by atoms with Gasteiger partial charge >= 0.3 is 0 Å². The number of piperazine rings is 1. The third kappa shape index (κ3) is 4.35. The van der Waals surface area contributed by atoms with Gasteiger partial charge in [0.15, 0.2) is 6.10 Å². The standard InChI is InChI=1S/C25H28N2O3/c1-3-24(30-23-11-8-19-6-4-5-7-20(19)18-23)25(28)27-16-14-26(15-17-27)21-9-12-22(29-2)13-10-21/h4-13,18,24H,3,14-17H2,1-2H3/t24-/m0/s1. The number of ether oxygens (including phenoxy) is 2. The third-order valence-corrected chi connectivity index (χ3v) is 5.67. The Morgan fingerprint density at radius 2 is 1.57 bits per heavy atom. The van der Waals surface area contributed by atoms with E-state index in [0.717, 1.165) is 35.7 Å². The predicted molar refractivity (Wildman–Crippen MR) is 120 cm³/mol. The van der Waals surface area contributed by atoms with Gasteiger partial charge in [-0.25, -0.2) is 0 Å². The van der Waals surface area contributed by atoms with E-state index in [9.17, 15) is 4.79 Å². The summed E-state index contributed by atoms with van der Waals surface area (Å²) < 4.78 is 11.3. The van der Waals surface area contributed by atoms with E-state index in [1.54, 1.807) is 7.11 Å². The van der Waals surface area contributed by atoms with E-state index < -0.39 is 6.10 Å². The van der Waals surface area contributed by atoms with Crippen molar-refractivity contribution in [3.63, 3.8) is 0 Å². The maximum atomic E-state index is 13.1. The molecule has 0 radical (unpaired) electrons. The van der Waals surface area contributed by atoms with E-state index in [4.69, 9.17) is 9.47 Å². The third-order valence-electron chi connectivity index (χ3n) is 5.67. The lowest BCUT2D eigenvalue weighted by Gasteiger charge is -2.37. The van der Waals surface area contributed by atoms with Crippen LogP contribution >= 0.6 is 0 Å². The molecule has 3 aromatic rings. The molecule has 156 valence electrons. The Morgan fingerprint density at radius 3 is 2.23 bits per heavy atom. The van der Waals surface area contributed by atoms with Crippen molar-refractivity contribution in [3.05, 3.63) is 66.7 Å². The van der Waals surface area contributed by atoms with E-state index >= 15 is 0 Å². The smallest absolute Gasteiger partial charge is 0.263 e. The lowest BCUT2D eigenvalue weighted by Crippen LogP contribution is -2.52. The Bertz CT molecular complexity index is 995. The fraction of sp³-hybridized carbons (Fsp3) is 0.320. The average Bonchev–Trinajstić information content (AvgIpc) is 2.82. The van der Waals surface area contributed by atoms with Crippen molar-refractivity contribution in [3.8, 4) is 11.5 Å². The molecule has 5 heteroatoms. The summed E-state index contributed by atoms with van der Waals surface area (Å²) in [6, 6.07) is 22.2. The number of rotatable bonds is 6. The van der Waals surface area contributed by atoms with Crippen molar-refractivity contribution >= 4 is 22.4 Å². The normalized spacial score (nSPS) is 15.1. The fourth-order valence-corrected chi connectivity index (χ4v) is 3.90. The lowest BCUT2D eigenvalue weighted by molar-refractivity contribution is -0.139. The number of hydrogen-bond acceptors (Lipinski definition) is 4. The van der Waals surface area contributed by atoms with Crippen molar-refractivity contribution in [1.82, 2.24) is 4.90 Å². The van der Waals surface area contributed by atoms with Crippen LogP contribution in [0.5, 0.6) is 11.5 Å². The molecule has 1 saturated heterocycles. The number of hydrogen-bond donors (Lipinski definition) is 0. The minimum Gasteiger partial charge on any atom is -0.497 e. The maximum Gasteiger partial charge on any atom is 0.263 e. The minimum absolute atomic E-state index is 0.0695. The van der Waals surface area contributed by atoms with Crippen molar-refractivity contribution in [2.24, 2.45) is 0 Å². The first kappa shape index (κ1) is 20.1. The molecule has 5 nitrogen and oxygen atoms in total. The average molecular weight is 405 g/mol. The Morgan fingerprint density at radius 1 is 0.900 bits per heavy atom. The number of carbonyl (C=O) groups is 1. The number of amides is 1. The van der Waals surface area contributed by atoms with Gasteiger partial charge < -0.3 is 19.3 Å². The quantitative estimate of drug-likeness (QED) is 0.612. The van der Waals surface area contributed by atoms with Crippen LogP contribution in [0.4, 0.5) is 5.69 Å². The highest BCUT2D eigenvalue weighted by Crippen LogP contribution is 2.24. The van der Waals surface area contributed by atoms with Crippen LogP contribution in [0, 0.1) is 0 Å². The van der Waals surface area contributed by atoms with Crippen LogP contribution in [-0.4, -0.2) is 50.2 Å². The molecule has 3 aromatic carbocycles. The van der Waals surface area contributed by atoms with Gasteiger partial charge in [0.2, 0.25) is 0 Å². The molecule has 1 amide bonds. The molecule has 1 atom stereocenters. The van der Waals surface area contributed by atoms with E-state index in [2.05, 4.69) is 29.2 Å². The first-order valence-corrected chi connectivity index (χ1v) is 10.5. The van der Waals surface area contributed by atoms with Gasteiger partial charge in [-0.15, -0.1) is 0 Å². The molecule has 1 aliphatic rings. The lowest BCUT2D eigenvalue weighted by atomic mass is 10.1. The summed E-state index contributed by atoms with van der Waals surface area (Å²) in [5.74, 6) is 1.66. The van der Waals surface area contributed by atoms with Crippen LogP contribution in [0.1, 0.15) is 13.3 Å². The van der Waals surface area contributed by atoms with Gasteiger partial charge in [0.1, 0.15) is 11.5 Å². The molecule has 0 saturated carbocycles. The maximum absolute atomic E-state index is 13.1. The molecule has 0 aromatic heterocycles. The molecule has 4 rings (SSSR count). The zero-order chi connectivity index (χ0) is 20.9. The molecular formula is C25H28N2O3. The van der Waals surface area contributed by atoms with Crippen LogP contribution in [0.25, 0.3) is 10.8 Å². The highest BCUT2D eigenvalue weighted by atomic mass is 16.5. The van der Waals surface area contributed by atoms with Gasteiger partial charge in [-0.05, 0) is 53.6 Å². The van der Waals surface area contributed by atoms with Gasteiger partial charge in [0, 0.05) is 31.9 Å². The molecule has 0 spiro atoms. The predicted octanol–water partition coefficient (Wildman–Crippen LogP) is 4.35. The van der Waals surface area contributed by atoms with E-state index in [1.165, 1.54) is 5.39 Å². The summed E-state index contributed by atoms with van der Waals surface area (Å²) in [5, 5.41) is 2.28. The largest absolute Gasteiger partial charge is 0.497 e. The second-order valence-corrected chi connectivity index (χ2v) is 7.53. The van der Waals surface area contributed by atoms with Crippen molar-refractivity contribution in [2.75, 3.05) is 38.2 Å². The minimum atomic E-state index is -0.460. The molecule has 1 fully saturated rings. The Labute approximate surface area is 177 Å². The van der Waals surface area contributed by atoms with Crippen LogP contribution in [-0.2, 0) is 4.79 Å². The molecule has 0 N–H and O–H groups in total. The topological polar surface area (TPSA) is 42.0 Å². The number of nitrogens with zero attached hydrogens (tertiary/aromatic N) is 2. The first-order chi connectivity index (χ1) is 14.7.